The monoisotopic (exact) mass is 351 g/mol. The van der Waals surface area contributed by atoms with E-state index in [2.05, 4.69) is 29.1 Å². The van der Waals surface area contributed by atoms with E-state index in [0.29, 0.717) is 5.75 Å². The molecule has 0 saturated heterocycles. The Hall–Kier alpha value is -2.82. The molecule has 2 atom stereocenters. The van der Waals surface area contributed by atoms with Gasteiger partial charge in [0.15, 0.2) is 6.10 Å². The second-order valence-electron chi connectivity index (χ2n) is 6.94. The number of aromatic nitrogens is 2. The van der Waals surface area contributed by atoms with Crippen LogP contribution in [-0.4, -0.2) is 22.0 Å². The van der Waals surface area contributed by atoms with Crippen molar-refractivity contribution in [2.24, 2.45) is 5.92 Å². The van der Waals surface area contributed by atoms with E-state index in [9.17, 15) is 4.79 Å². The molecule has 2 aromatic carbocycles. The quantitative estimate of drug-likeness (QED) is 0.701. The van der Waals surface area contributed by atoms with Gasteiger partial charge in [0.25, 0.3) is 5.91 Å². The number of aryl methyl sites for hydroxylation is 1. The molecule has 3 aromatic rings. The first-order valence-electron chi connectivity index (χ1n) is 8.92. The second kappa shape index (κ2) is 7.60. The van der Waals surface area contributed by atoms with E-state index in [1.54, 1.807) is 6.92 Å². The van der Waals surface area contributed by atoms with Crippen LogP contribution in [0, 0.1) is 12.8 Å². The fourth-order valence-electron chi connectivity index (χ4n) is 2.82. The Morgan fingerprint density at radius 3 is 2.42 bits per heavy atom. The smallest absolute Gasteiger partial charge is 0.261 e. The normalized spacial score (nSPS) is 13.6. The molecule has 0 aliphatic rings. The highest BCUT2D eigenvalue weighted by atomic mass is 16.5. The first kappa shape index (κ1) is 18.0. The average molecular weight is 351 g/mol. The number of aromatic amines is 1. The van der Waals surface area contributed by atoms with Gasteiger partial charge in [-0.1, -0.05) is 43.7 Å². The van der Waals surface area contributed by atoms with Crippen LogP contribution in [0.1, 0.15) is 38.2 Å². The van der Waals surface area contributed by atoms with Gasteiger partial charge >= 0.3 is 0 Å². The number of hydrogen-bond acceptors (Lipinski definition) is 3. The molecule has 2 unspecified atom stereocenters. The summed E-state index contributed by atoms with van der Waals surface area (Å²) in [5.74, 6) is 1.47. The molecule has 2 N–H and O–H groups in total. The van der Waals surface area contributed by atoms with Crippen molar-refractivity contribution in [1.29, 1.82) is 0 Å². The van der Waals surface area contributed by atoms with Gasteiger partial charge in [0.1, 0.15) is 11.6 Å². The Balaban J connectivity index is 1.72. The molecule has 5 nitrogen and oxygen atoms in total. The van der Waals surface area contributed by atoms with Crippen LogP contribution in [0.25, 0.3) is 11.0 Å². The Kier molecular flexibility index (Phi) is 5.26. The van der Waals surface area contributed by atoms with Crippen molar-refractivity contribution >= 4 is 16.9 Å². The van der Waals surface area contributed by atoms with Gasteiger partial charge in [-0.25, -0.2) is 4.98 Å². The van der Waals surface area contributed by atoms with E-state index in [0.717, 1.165) is 22.4 Å². The molecular weight excluding hydrogens is 326 g/mol. The van der Waals surface area contributed by atoms with Crippen molar-refractivity contribution in [3.05, 3.63) is 59.9 Å². The SMILES string of the molecule is Cc1ccc(OC(C)C(=O)NC(c2nc3ccccc3[nH]2)C(C)C)cc1. The molecule has 0 spiro atoms. The maximum atomic E-state index is 12.6. The summed E-state index contributed by atoms with van der Waals surface area (Å²) in [5, 5.41) is 3.07. The third-order valence-electron chi connectivity index (χ3n) is 4.37. The number of nitrogens with zero attached hydrogens (tertiary/aromatic N) is 1. The van der Waals surface area contributed by atoms with Gasteiger partial charge in [0, 0.05) is 0 Å². The zero-order valence-electron chi connectivity index (χ0n) is 15.6. The number of imidazole rings is 1. The minimum atomic E-state index is -0.594. The third kappa shape index (κ3) is 4.04. The third-order valence-corrected chi connectivity index (χ3v) is 4.37. The van der Waals surface area contributed by atoms with Gasteiger partial charge in [-0.15, -0.1) is 0 Å². The van der Waals surface area contributed by atoms with Gasteiger partial charge in [0.2, 0.25) is 0 Å². The first-order chi connectivity index (χ1) is 12.4. The summed E-state index contributed by atoms with van der Waals surface area (Å²) in [7, 11) is 0. The molecule has 0 saturated carbocycles. The Morgan fingerprint density at radius 2 is 1.77 bits per heavy atom. The van der Waals surface area contributed by atoms with Crippen molar-refractivity contribution in [3.8, 4) is 5.75 Å². The Labute approximate surface area is 153 Å². The van der Waals surface area contributed by atoms with Gasteiger partial charge in [-0.05, 0) is 44.0 Å². The van der Waals surface area contributed by atoms with E-state index in [1.165, 1.54) is 0 Å². The largest absolute Gasteiger partial charge is 0.481 e. The van der Waals surface area contributed by atoms with Crippen molar-refractivity contribution in [2.75, 3.05) is 0 Å². The summed E-state index contributed by atoms with van der Waals surface area (Å²) >= 11 is 0. The van der Waals surface area contributed by atoms with E-state index in [1.807, 2.05) is 55.5 Å². The molecule has 0 bridgehead atoms. The van der Waals surface area contributed by atoms with E-state index in [4.69, 9.17) is 4.74 Å². The van der Waals surface area contributed by atoms with Gasteiger partial charge in [-0.2, -0.15) is 0 Å². The summed E-state index contributed by atoms with van der Waals surface area (Å²) < 4.78 is 5.76. The summed E-state index contributed by atoms with van der Waals surface area (Å²) in [6.07, 6.45) is -0.594. The Morgan fingerprint density at radius 1 is 1.08 bits per heavy atom. The molecule has 0 radical (unpaired) electrons. The number of benzene rings is 2. The number of ether oxygens (including phenoxy) is 1. The lowest BCUT2D eigenvalue weighted by molar-refractivity contribution is -0.128. The number of H-pyrrole nitrogens is 1. The zero-order chi connectivity index (χ0) is 18.7. The van der Waals surface area contributed by atoms with Crippen LogP contribution in [0.5, 0.6) is 5.75 Å². The molecule has 1 aromatic heterocycles. The standard InChI is InChI=1S/C21H25N3O2/c1-13(2)19(20-22-17-7-5-6-8-18(17)23-20)24-21(25)15(4)26-16-11-9-14(3)10-12-16/h5-13,15,19H,1-4H3,(H,22,23)(H,24,25). The average Bonchev–Trinajstić information content (AvgIpc) is 3.04. The van der Waals surface area contributed by atoms with E-state index < -0.39 is 6.10 Å². The predicted molar refractivity (Wildman–Crippen MR) is 103 cm³/mol. The second-order valence-corrected chi connectivity index (χ2v) is 6.94. The number of fused-ring (bicyclic) bond motifs is 1. The zero-order valence-corrected chi connectivity index (χ0v) is 15.6. The van der Waals surface area contributed by atoms with Crippen LogP contribution >= 0.6 is 0 Å². The van der Waals surface area contributed by atoms with Crippen molar-refractivity contribution in [3.63, 3.8) is 0 Å². The first-order valence-corrected chi connectivity index (χ1v) is 8.92. The number of amides is 1. The fourth-order valence-corrected chi connectivity index (χ4v) is 2.82. The molecule has 3 rings (SSSR count). The maximum absolute atomic E-state index is 12.6. The number of nitrogens with one attached hydrogen (secondary N) is 2. The fraction of sp³-hybridized carbons (Fsp3) is 0.333. The molecule has 26 heavy (non-hydrogen) atoms. The molecule has 0 aliphatic heterocycles. The van der Waals surface area contributed by atoms with Crippen molar-refractivity contribution in [1.82, 2.24) is 15.3 Å². The summed E-state index contributed by atoms with van der Waals surface area (Å²) in [4.78, 5) is 20.6. The number of carbonyl (C=O) groups excluding carboxylic acids is 1. The topological polar surface area (TPSA) is 67.0 Å². The lowest BCUT2D eigenvalue weighted by Gasteiger charge is -2.23. The van der Waals surface area contributed by atoms with Crippen LogP contribution in [0.4, 0.5) is 0 Å². The minimum absolute atomic E-state index is 0.162. The minimum Gasteiger partial charge on any atom is -0.481 e. The van der Waals surface area contributed by atoms with Gasteiger partial charge < -0.3 is 15.0 Å². The molecule has 1 amide bonds. The molecule has 136 valence electrons. The van der Waals surface area contributed by atoms with Crippen LogP contribution in [-0.2, 0) is 4.79 Å². The number of hydrogen-bond donors (Lipinski definition) is 2. The molecule has 0 fully saturated rings. The maximum Gasteiger partial charge on any atom is 0.261 e. The van der Waals surface area contributed by atoms with Crippen LogP contribution < -0.4 is 10.1 Å². The highest BCUT2D eigenvalue weighted by Crippen LogP contribution is 2.22. The van der Waals surface area contributed by atoms with Gasteiger partial charge in [-0.3, -0.25) is 4.79 Å². The molecule has 0 aliphatic carbocycles. The number of rotatable bonds is 6. The highest BCUT2D eigenvalue weighted by Gasteiger charge is 2.25. The molecule has 1 heterocycles. The predicted octanol–water partition coefficient (Wildman–Crippen LogP) is 4.15. The summed E-state index contributed by atoms with van der Waals surface area (Å²) in [6.45, 7) is 7.89. The van der Waals surface area contributed by atoms with Crippen LogP contribution in [0.2, 0.25) is 0 Å². The van der Waals surface area contributed by atoms with Crippen LogP contribution in [0.3, 0.4) is 0 Å². The van der Waals surface area contributed by atoms with Crippen molar-refractivity contribution in [2.45, 2.75) is 39.8 Å². The van der Waals surface area contributed by atoms with E-state index in [-0.39, 0.29) is 17.9 Å². The molecular formula is C21H25N3O2. The van der Waals surface area contributed by atoms with E-state index >= 15 is 0 Å². The lowest BCUT2D eigenvalue weighted by Crippen LogP contribution is -2.40. The number of carbonyl (C=O) groups is 1. The van der Waals surface area contributed by atoms with Crippen LogP contribution in [0.15, 0.2) is 48.5 Å². The Bertz CT molecular complexity index is 851. The molecule has 5 heteroatoms. The van der Waals surface area contributed by atoms with Crippen molar-refractivity contribution < 1.29 is 9.53 Å². The highest BCUT2D eigenvalue weighted by molar-refractivity contribution is 5.81. The summed E-state index contributed by atoms with van der Waals surface area (Å²) in [6, 6.07) is 15.3. The number of para-hydroxylation sites is 2. The lowest BCUT2D eigenvalue weighted by atomic mass is 10.0. The van der Waals surface area contributed by atoms with Gasteiger partial charge in [0.05, 0.1) is 17.1 Å². The summed E-state index contributed by atoms with van der Waals surface area (Å²) in [5.41, 5.74) is 3.01.